The van der Waals surface area contributed by atoms with Crippen molar-refractivity contribution in [3.8, 4) is 0 Å². The fraction of sp³-hybridized carbons (Fsp3) is 0.417. The Hall–Kier alpha value is -1.91. The van der Waals surface area contributed by atoms with Crippen LogP contribution in [0.5, 0.6) is 0 Å². The minimum absolute atomic E-state index is 0.00412. The van der Waals surface area contributed by atoms with Gasteiger partial charge >= 0.3 is 5.97 Å². The maximum atomic E-state index is 12.1. The quantitative estimate of drug-likeness (QED) is 0.862. The van der Waals surface area contributed by atoms with Crippen LogP contribution in [0.15, 0.2) is 18.3 Å². The van der Waals surface area contributed by atoms with E-state index in [1.165, 1.54) is 18.3 Å². The Balaban J connectivity index is 3.15. The summed E-state index contributed by atoms with van der Waals surface area (Å²) in [5, 5.41) is 9.00. The van der Waals surface area contributed by atoms with Gasteiger partial charge in [-0.15, -0.1) is 0 Å². The summed E-state index contributed by atoms with van der Waals surface area (Å²) in [6.07, 6.45) is 1.42. The highest BCUT2D eigenvalue weighted by Crippen LogP contribution is 2.11. The SMILES string of the molecule is CCN(C(=O)c1ncccc1C(=O)O)C(C)C. The molecule has 0 saturated heterocycles. The molecule has 0 unspecified atom stereocenters. The number of nitrogens with zero attached hydrogens (tertiary/aromatic N) is 2. The van der Waals surface area contributed by atoms with E-state index in [2.05, 4.69) is 4.98 Å². The lowest BCUT2D eigenvalue weighted by molar-refractivity contribution is 0.0658. The topological polar surface area (TPSA) is 70.5 Å². The van der Waals surface area contributed by atoms with Crippen LogP contribution in [0.25, 0.3) is 0 Å². The van der Waals surface area contributed by atoms with Crippen LogP contribution in [-0.2, 0) is 0 Å². The average molecular weight is 236 g/mol. The molecule has 92 valence electrons. The average Bonchev–Trinajstić information content (AvgIpc) is 2.29. The minimum Gasteiger partial charge on any atom is -0.478 e. The Kier molecular flexibility index (Phi) is 4.20. The number of hydrogen-bond donors (Lipinski definition) is 1. The molecule has 0 atom stereocenters. The van der Waals surface area contributed by atoms with Crippen LogP contribution in [0, 0.1) is 0 Å². The number of carboxylic acid groups (broad SMARTS) is 1. The van der Waals surface area contributed by atoms with Crippen molar-refractivity contribution in [2.75, 3.05) is 6.54 Å². The Bertz CT molecular complexity index is 430. The van der Waals surface area contributed by atoms with Crippen molar-refractivity contribution in [1.82, 2.24) is 9.88 Å². The van der Waals surface area contributed by atoms with E-state index in [-0.39, 0.29) is 23.2 Å². The Labute approximate surface area is 100 Å². The molecule has 0 radical (unpaired) electrons. The van der Waals surface area contributed by atoms with E-state index in [1.54, 1.807) is 4.90 Å². The minimum atomic E-state index is -1.14. The third-order valence-corrected chi connectivity index (χ3v) is 2.47. The van der Waals surface area contributed by atoms with Gasteiger partial charge in [-0.2, -0.15) is 0 Å². The lowest BCUT2D eigenvalue weighted by Crippen LogP contribution is -2.38. The molecule has 0 aliphatic heterocycles. The summed E-state index contributed by atoms with van der Waals surface area (Å²) in [6.45, 7) is 6.13. The molecule has 0 bridgehead atoms. The van der Waals surface area contributed by atoms with E-state index in [4.69, 9.17) is 5.11 Å². The molecule has 1 N–H and O–H groups in total. The number of carbonyl (C=O) groups is 2. The normalized spacial score (nSPS) is 10.4. The van der Waals surface area contributed by atoms with Gasteiger partial charge in [0.15, 0.2) is 0 Å². The number of carbonyl (C=O) groups excluding carboxylic acids is 1. The highest BCUT2D eigenvalue weighted by molar-refractivity contribution is 6.03. The second-order valence-corrected chi connectivity index (χ2v) is 3.89. The Morgan fingerprint density at radius 1 is 1.47 bits per heavy atom. The summed E-state index contributed by atoms with van der Waals surface area (Å²) >= 11 is 0. The maximum absolute atomic E-state index is 12.1. The van der Waals surface area contributed by atoms with Gasteiger partial charge in [0, 0.05) is 18.8 Å². The van der Waals surface area contributed by atoms with Crippen molar-refractivity contribution in [3.63, 3.8) is 0 Å². The molecular formula is C12H16N2O3. The maximum Gasteiger partial charge on any atom is 0.338 e. The van der Waals surface area contributed by atoms with Gasteiger partial charge in [-0.05, 0) is 32.9 Å². The number of pyridine rings is 1. The highest BCUT2D eigenvalue weighted by Gasteiger charge is 2.23. The molecule has 0 spiro atoms. The zero-order chi connectivity index (χ0) is 13.0. The van der Waals surface area contributed by atoms with Gasteiger partial charge in [0.2, 0.25) is 0 Å². The first-order valence-corrected chi connectivity index (χ1v) is 5.48. The molecular weight excluding hydrogens is 220 g/mol. The number of aromatic nitrogens is 1. The van der Waals surface area contributed by atoms with Gasteiger partial charge in [0.1, 0.15) is 5.69 Å². The van der Waals surface area contributed by atoms with Crippen molar-refractivity contribution in [2.45, 2.75) is 26.8 Å². The standard InChI is InChI=1S/C12H16N2O3/c1-4-14(8(2)3)11(15)10-9(12(16)17)6-5-7-13-10/h5-8H,4H2,1-3H3,(H,16,17). The van der Waals surface area contributed by atoms with Crippen LogP contribution < -0.4 is 0 Å². The fourth-order valence-corrected chi connectivity index (χ4v) is 1.63. The second kappa shape index (κ2) is 5.43. The van der Waals surface area contributed by atoms with Gasteiger partial charge in [0.25, 0.3) is 5.91 Å². The van der Waals surface area contributed by atoms with Crippen LogP contribution in [0.1, 0.15) is 41.6 Å². The predicted molar refractivity (Wildman–Crippen MR) is 63.0 cm³/mol. The molecule has 5 heteroatoms. The summed E-state index contributed by atoms with van der Waals surface area (Å²) < 4.78 is 0. The lowest BCUT2D eigenvalue weighted by atomic mass is 10.1. The first-order valence-electron chi connectivity index (χ1n) is 5.48. The molecule has 17 heavy (non-hydrogen) atoms. The molecule has 1 heterocycles. The summed E-state index contributed by atoms with van der Waals surface area (Å²) in [6, 6.07) is 2.90. The molecule has 0 saturated carbocycles. The summed E-state index contributed by atoms with van der Waals surface area (Å²) in [4.78, 5) is 28.6. The van der Waals surface area contributed by atoms with E-state index in [9.17, 15) is 9.59 Å². The van der Waals surface area contributed by atoms with Gasteiger partial charge in [-0.25, -0.2) is 4.79 Å². The van der Waals surface area contributed by atoms with Crippen molar-refractivity contribution >= 4 is 11.9 Å². The number of aromatic carboxylic acids is 1. The second-order valence-electron chi connectivity index (χ2n) is 3.89. The van der Waals surface area contributed by atoms with Gasteiger partial charge in [-0.1, -0.05) is 0 Å². The predicted octanol–water partition coefficient (Wildman–Crippen LogP) is 1.65. The summed E-state index contributed by atoms with van der Waals surface area (Å²) in [5.41, 5.74) is -0.0628. The molecule has 1 aromatic rings. The monoisotopic (exact) mass is 236 g/mol. The van der Waals surface area contributed by atoms with Crippen molar-refractivity contribution in [3.05, 3.63) is 29.6 Å². The highest BCUT2D eigenvalue weighted by atomic mass is 16.4. The van der Waals surface area contributed by atoms with Gasteiger partial charge in [-0.3, -0.25) is 9.78 Å². The van der Waals surface area contributed by atoms with Crippen molar-refractivity contribution < 1.29 is 14.7 Å². The number of hydrogen-bond acceptors (Lipinski definition) is 3. The van der Waals surface area contributed by atoms with Crippen LogP contribution in [0.4, 0.5) is 0 Å². The number of amides is 1. The van der Waals surface area contributed by atoms with E-state index in [1.807, 2.05) is 20.8 Å². The van der Waals surface area contributed by atoms with E-state index in [0.717, 1.165) is 0 Å². The third kappa shape index (κ3) is 2.81. The van der Waals surface area contributed by atoms with Crippen LogP contribution in [0.3, 0.4) is 0 Å². The summed E-state index contributed by atoms with van der Waals surface area (Å²) in [7, 11) is 0. The molecule has 0 fully saturated rings. The van der Waals surface area contributed by atoms with Crippen LogP contribution in [0.2, 0.25) is 0 Å². The number of carboxylic acids is 1. The smallest absolute Gasteiger partial charge is 0.338 e. The zero-order valence-corrected chi connectivity index (χ0v) is 10.2. The lowest BCUT2D eigenvalue weighted by Gasteiger charge is -2.25. The van der Waals surface area contributed by atoms with Crippen molar-refractivity contribution in [2.24, 2.45) is 0 Å². The molecule has 5 nitrogen and oxygen atoms in total. The molecule has 0 aromatic carbocycles. The van der Waals surface area contributed by atoms with Crippen LogP contribution >= 0.6 is 0 Å². The molecule has 1 aromatic heterocycles. The Morgan fingerprint density at radius 2 is 2.12 bits per heavy atom. The summed E-state index contributed by atoms with van der Waals surface area (Å²) in [5.74, 6) is -1.48. The fourth-order valence-electron chi connectivity index (χ4n) is 1.63. The van der Waals surface area contributed by atoms with E-state index < -0.39 is 5.97 Å². The third-order valence-electron chi connectivity index (χ3n) is 2.47. The zero-order valence-electron chi connectivity index (χ0n) is 10.2. The van der Waals surface area contributed by atoms with Gasteiger partial charge < -0.3 is 10.0 Å². The molecule has 1 amide bonds. The first-order chi connectivity index (χ1) is 7.99. The molecule has 0 aliphatic carbocycles. The first kappa shape index (κ1) is 13.2. The largest absolute Gasteiger partial charge is 0.478 e. The number of rotatable bonds is 4. The van der Waals surface area contributed by atoms with Crippen LogP contribution in [-0.4, -0.2) is 39.5 Å². The van der Waals surface area contributed by atoms with E-state index in [0.29, 0.717) is 6.54 Å². The van der Waals surface area contributed by atoms with Gasteiger partial charge in [0.05, 0.1) is 5.56 Å². The van der Waals surface area contributed by atoms with Crippen molar-refractivity contribution in [1.29, 1.82) is 0 Å². The van der Waals surface area contributed by atoms with E-state index >= 15 is 0 Å². The molecule has 1 rings (SSSR count). The Morgan fingerprint density at radius 3 is 2.59 bits per heavy atom. The molecule has 0 aliphatic rings.